The van der Waals surface area contributed by atoms with E-state index in [-0.39, 0.29) is 5.91 Å². The third-order valence-corrected chi connectivity index (χ3v) is 5.28. The highest BCUT2D eigenvalue weighted by atomic mass is 79.9. The van der Waals surface area contributed by atoms with E-state index in [4.69, 9.17) is 0 Å². The van der Waals surface area contributed by atoms with Crippen molar-refractivity contribution < 1.29 is 4.79 Å². The molecule has 1 amide bonds. The van der Waals surface area contributed by atoms with Crippen LogP contribution in [-0.4, -0.2) is 25.7 Å². The van der Waals surface area contributed by atoms with Crippen LogP contribution >= 0.6 is 15.9 Å². The van der Waals surface area contributed by atoms with Gasteiger partial charge in [0.25, 0.3) is 5.91 Å². The Labute approximate surface area is 171 Å². The number of nitrogens with zero attached hydrogens (tertiary/aromatic N) is 4. The van der Waals surface area contributed by atoms with E-state index in [2.05, 4.69) is 46.3 Å². The van der Waals surface area contributed by atoms with Crippen molar-refractivity contribution in [2.75, 3.05) is 10.6 Å². The number of hydrogen-bond acceptors (Lipinski definition) is 5. The maximum Gasteiger partial charge on any atom is 0.259 e. The number of rotatable bonds is 5. The number of halogens is 1. The summed E-state index contributed by atoms with van der Waals surface area (Å²) in [7, 11) is 0. The van der Waals surface area contributed by atoms with Gasteiger partial charge in [-0.3, -0.25) is 4.79 Å². The Morgan fingerprint density at radius 2 is 1.96 bits per heavy atom. The minimum atomic E-state index is -0.210. The molecule has 2 aromatic heterocycles. The van der Waals surface area contributed by atoms with Crippen molar-refractivity contribution in [1.29, 1.82) is 0 Å². The van der Waals surface area contributed by atoms with E-state index in [9.17, 15) is 4.79 Å². The maximum atomic E-state index is 12.7. The zero-order valence-corrected chi connectivity index (χ0v) is 16.9. The standard InChI is InChI=1S/C20H21BrN6O/c21-14-7-9-15(10-8-14)24-20(28)16-5-4-11-22-19(16)23-13-18-26-25-17-6-2-1-3-12-27(17)18/h4-5,7-11H,1-3,6,12-13H2,(H,22,23)(H,24,28). The summed E-state index contributed by atoms with van der Waals surface area (Å²) in [6, 6.07) is 11.0. The summed E-state index contributed by atoms with van der Waals surface area (Å²) in [4.78, 5) is 17.1. The highest BCUT2D eigenvalue weighted by molar-refractivity contribution is 9.10. The summed E-state index contributed by atoms with van der Waals surface area (Å²) in [6.07, 6.45) is 6.16. The number of carbonyl (C=O) groups is 1. The van der Waals surface area contributed by atoms with Crippen molar-refractivity contribution in [2.24, 2.45) is 0 Å². The van der Waals surface area contributed by atoms with Crippen LogP contribution in [0.15, 0.2) is 47.1 Å². The second kappa shape index (κ2) is 8.52. The zero-order chi connectivity index (χ0) is 19.3. The molecule has 0 saturated heterocycles. The highest BCUT2D eigenvalue weighted by Crippen LogP contribution is 2.19. The summed E-state index contributed by atoms with van der Waals surface area (Å²) in [5.41, 5.74) is 1.21. The first-order chi connectivity index (χ1) is 13.7. The number of anilines is 2. The molecule has 28 heavy (non-hydrogen) atoms. The molecular weight excluding hydrogens is 420 g/mol. The molecular formula is C20H21BrN6O. The average molecular weight is 441 g/mol. The summed E-state index contributed by atoms with van der Waals surface area (Å²) in [5.74, 6) is 2.24. The quantitative estimate of drug-likeness (QED) is 0.625. The molecule has 0 atom stereocenters. The molecule has 144 valence electrons. The number of aryl methyl sites for hydroxylation is 1. The second-order valence-electron chi connectivity index (χ2n) is 6.71. The fraction of sp³-hybridized carbons (Fsp3) is 0.300. The van der Waals surface area contributed by atoms with Crippen LogP contribution in [0.5, 0.6) is 0 Å². The molecule has 0 fully saturated rings. The number of carbonyl (C=O) groups excluding carboxylic acids is 1. The molecule has 1 aliphatic rings. The van der Waals surface area contributed by atoms with Crippen LogP contribution in [0.2, 0.25) is 0 Å². The van der Waals surface area contributed by atoms with Gasteiger partial charge >= 0.3 is 0 Å². The Hall–Kier alpha value is -2.74. The molecule has 0 saturated carbocycles. The van der Waals surface area contributed by atoms with E-state index in [1.165, 1.54) is 6.42 Å². The number of benzene rings is 1. The average Bonchev–Trinajstić information content (AvgIpc) is 2.94. The fourth-order valence-corrected chi connectivity index (χ4v) is 3.56. The van der Waals surface area contributed by atoms with Gasteiger partial charge in [0.05, 0.1) is 12.1 Å². The Bertz CT molecular complexity index is 969. The van der Waals surface area contributed by atoms with Crippen LogP contribution in [0.3, 0.4) is 0 Å². The number of nitrogens with one attached hydrogen (secondary N) is 2. The molecule has 0 radical (unpaired) electrons. The molecule has 8 heteroatoms. The number of amides is 1. The summed E-state index contributed by atoms with van der Waals surface area (Å²) in [5, 5.41) is 14.8. The minimum absolute atomic E-state index is 0.210. The third kappa shape index (κ3) is 4.22. The van der Waals surface area contributed by atoms with E-state index >= 15 is 0 Å². The molecule has 0 unspecified atom stereocenters. The Morgan fingerprint density at radius 1 is 1.11 bits per heavy atom. The predicted octanol–water partition coefficient (Wildman–Crippen LogP) is 4.03. The van der Waals surface area contributed by atoms with E-state index in [0.717, 1.165) is 47.6 Å². The molecule has 1 aliphatic heterocycles. The lowest BCUT2D eigenvalue weighted by molar-refractivity contribution is 0.102. The molecule has 4 rings (SSSR count). The lowest BCUT2D eigenvalue weighted by Gasteiger charge is -2.12. The molecule has 7 nitrogen and oxygen atoms in total. The number of aromatic nitrogens is 4. The first-order valence-electron chi connectivity index (χ1n) is 9.37. The molecule has 1 aromatic carbocycles. The SMILES string of the molecule is O=C(Nc1ccc(Br)cc1)c1cccnc1NCc1nnc2n1CCCCC2. The summed E-state index contributed by atoms with van der Waals surface area (Å²) >= 11 is 3.39. The van der Waals surface area contributed by atoms with Gasteiger partial charge in [0, 0.05) is 29.3 Å². The van der Waals surface area contributed by atoms with Crippen molar-refractivity contribution in [3.05, 3.63) is 64.3 Å². The largest absolute Gasteiger partial charge is 0.362 e. The summed E-state index contributed by atoms with van der Waals surface area (Å²) < 4.78 is 3.14. The Morgan fingerprint density at radius 3 is 2.82 bits per heavy atom. The van der Waals surface area contributed by atoms with E-state index < -0.39 is 0 Å². The zero-order valence-electron chi connectivity index (χ0n) is 15.4. The third-order valence-electron chi connectivity index (χ3n) is 4.75. The monoisotopic (exact) mass is 440 g/mol. The number of pyridine rings is 1. The predicted molar refractivity (Wildman–Crippen MR) is 111 cm³/mol. The van der Waals surface area contributed by atoms with Crippen LogP contribution in [0.25, 0.3) is 0 Å². The van der Waals surface area contributed by atoms with Gasteiger partial charge < -0.3 is 15.2 Å². The lowest BCUT2D eigenvalue weighted by atomic mass is 10.2. The lowest BCUT2D eigenvalue weighted by Crippen LogP contribution is -2.17. The van der Waals surface area contributed by atoms with E-state index in [1.54, 1.807) is 18.3 Å². The van der Waals surface area contributed by atoms with Gasteiger partial charge in [-0.15, -0.1) is 10.2 Å². The van der Waals surface area contributed by atoms with Crippen molar-refractivity contribution in [1.82, 2.24) is 19.7 Å². The van der Waals surface area contributed by atoms with Crippen LogP contribution in [0.4, 0.5) is 11.5 Å². The molecule has 2 N–H and O–H groups in total. The topological polar surface area (TPSA) is 84.7 Å². The van der Waals surface area contributed by atoms with Gasteiger partial charge in [-0.1, -0.05) is 22.4 Å². The van der Waals surface area contributed by atoms with Gasteiger partial charge in [-0.05, 0) is 49.2 Å². The number of fused-ring (bicyclic) bond motifs is 1. The fourth-order valence-electron chi connectivity index (χ4n) is 3.30. The van der Waals surface area contributed by atoms with Gasteiger partial charge in [-0.2, -0.15) is 0 Å². The van der Waals surface area contributed by atoms with Crippen molar-refractivity contribution >= 4 is 33.3 Å². The van der Waals surface area contributed by atoms with Crippen LogP contribution in [0, 0.1) is 0 Å². The smallest absolute Gasteiger partial charge is 0.259 e. The highest BCUT2D eigenvalue weighted by Gasteiger charge is 2.16. The summed E-state index contributed by atoms with van der Waals surface area (Å²) in [6.45, 7) is 1.42. The van der Waals surface area contributed by atoms with Crippen molar-refractivity contribution in [3.8, 4) is 0 Å². The van der Waals surface area contributed by atoms with Gasteiger partial charge in [-0.25, -0.2) is 4.98 Å². The molecule has 0 bridgehead atoms. The van der Waals surface area contributed by atoms with Crippen molar-refractivity contribution in [2.45, 2.75) is 38.8 Å². The molecule has 3 aromatic rings. The molecule has 3 heterocycles. The van der Waals surface area contributed by atoms with Crippen molar-refractivity contribution in [3.63, 3.8) is 0 Å². The van der Waals surface area contributed by atoms with E-state index in [1.807, 2.05) is 24.3 Å². The minimum Gasteiger partial charge on any atom is -0.362 e. The molecule has 0 spiro atoms. The van der Waals surface area contributed by atoms with Gasteiger partial charge in [0.15, 0.2) is 5.82 Å². The Balaban J connectivity index is 1.48. The van der Waals surface area contributed by atoms with Crippen LogP contribution in [0.1, 0.15) is 41.3 Å². The maximum absolute atomic E-state index is 12.7. The second-order valence-corrected chi connectivity index (χ2v) is 7.62. The van der Waals surface area contributed by atoms with Gasteiger partial charge in [0.2, 0.25) is 0 Å². The Kier molecular flexibility index (Phi) is 5.66. The van der Waals surface area contributed by atoms with E-state index in [0.29, 0.717) is 17.9 Å². The van der Waals surface area contributed by atoms with Gasteiger partial charge in [0.1, 0.15) is 11.6 Å². The first-order valence-corrected chi connectivity index (χ1v) is 10.2. The van der Waals surface area contributed by atoms with Crippen LogP contribution in [-0.2, 0) is 19.5 Å². The molecule has 0 aliphatic carbocycles. The number of hydrogen-bond donors (Lipinski definition) is 2. The normalized spacial score (nSPS) is 13.5. The van der Waals surface area contributed by atoms with Crippen LogP contribution < -0.4 is 10.6 Å². The first kappa shape index (κ1) is 18.6.